The number of hydrogen-bond donors (Lipinski definition) is 3. The molecule has 20 heavy (non-hydrogen) atoms. The van der Waals surface area contributed by atoms with Crippen LogP contribution in [0, 0.1) is 5.92 Å². The Morgan fingerprint density at radius 1 is 1.45 bits per heavy atom. The first-order valence-corrected chi connectivity index (χ1v) is 7.47. The second kappa shape index (κ2) is 6.41. The first-order chi connectivity index (χ1) is 9.49. The zero-order valence-corrected chi connectivity index (χ0v) is 13.2. The summed E-state index contributed by atoms with van der Waals surface area (Å²) in [4.78, 5) is 15.1. The molecule has 2 rings (SSSR count). The Kier molecular flexibility index (Phi) is 4.83. The van der Waals surface area contributed by atoms with Crippen LogP contribution in [-0.2, 0) is 11.2 Å². The van der Waals surface area contributed by atoms with Gasteiger partial charge in [-0.2, -0.15) is 0 Å². The summed E-state index contributed by atoms with van der Waals surface area (Å²) in [5, 5.41) is 13.5. The van der Waals surface area contributed by atoms with E-state index in [1.807, 2.05) is 38.2 Å². The molecule has 4 nitrogen and oxygen atoms in total. The van der Waals surface area contributed by atoms with E-state index >= 15 is 0 Å². The standard InChI is InChI=1S/C15H19BrN2O2/c1-9(2)13(19)8-18-14(20)6-10-7-17-12-5-3-4-11(16)15(10)12/h3-5,7,9,13,17,19H,6,8H2,1-2H3,(H,18,20). The molecule has 0 aliphatic carbocycles. The van der Waals surface area contributed by atoms with Crippen LogP contribution in [0.3, 0.4) is 0 Å². The minimum atomic E-state index is -0.506. The monoisotopic (exact) mass is 338 g/mol. The third-order valence-corrected chi connectivity index (χ3v) is 4.03. The Bertz CT molecular complexity index is 607. The Balaban J connectivity index is 2.03. The maximum absolute atomic E-state index is 11.9. The highest BCUT2D eigenvalue weighted by atomic mass is 79.9. The summed E-state index contributed by atoms with van der Waals surface area (Å²) in [6, 6.07) is 5.88. The molecule has 0 radical (unpaired) electrons. The SMILES string of the molecule is CC(C)C(O)CNC(=O)Cc1c[nH]c2cccc(Br)c12. The quantitative estimate of drug-likeness (QED) is 0.784. The van der Waals surface area contributed by atoms with Gasteiger partial charge in [0.1, 0.15) is 0 Å². The molecule has 5 heteroatoms. The molecule has 0 saturated carbocycles. The summed E-state index contributed by atoms with van der Waals surface area (Å²) in [6.07, 6.45) is 1.65. The van der Waals surface area contributed by atoms with Gasteiger partial charge in [0, 0.05) is 28.1 Å². The molecule has 0 spiro atoms. The lowest BCUT2D eigenvalue weighted by atomic mass is 10.1. The van der Waals surface area contributed by atoms with Gasteiger partial charge in [-0.15, -0.1) is 0 Å². The average Bonchev–Trinajstić information content (AvgIpc) is 2.80. The summed E-state index contributed by atoms with van der Waals surface area (Å²) in [5.41, 5.74) is 1.95. The molecular formula is C15H19BrN2O2. The predicted molar refractivity (Wildman–Crippen MR) is 83.6 cm³/mol. The van der Waals surface area contributed by atoms with E-state index < -0.39 is 6.10 Å². The zero-order valence-electron chi connectivity index (χ0n) is 11.6. The van der Waals surface area contributed by atoms with E-state index in [0.717, 1.165) is 20.9 Å². The zero-order chi connectivity index (χ0) is 14.7. The lowest BCUT2D eigenvalue weighted by molar-refractivity contribution is -0.121. The summed E-state index contributed by atoms with van der Waals surface area (Å²) >= 11 is 3.51. The first-order valence-electron chi connectivity index (χ1n) is 6.68. The average molecular weight is 339 g/mol. The summed E-state index contributed by atoms with van der Waals surface area (Å²) in [5.74, 6) is 0.0545. The number of hydrogen-bond acceptors (Lipinski definition) is 2. The van der Waals surface area contributed by atoms with E-state index in [9.17, 15) is 9.90 Å². The number of nitrogens with one attached hydrogen (secondary N) is 2. The molecule has 0 bridgehead atoms. The normalized spacial score (nSPS) is 12.8. The number of carbonyl (C=O) groups excluding carboxylic acids is 1. The number of aromatic nitrogens is 1. The van der Waals surface area contributed by atoms with Gasteiger partial charge in [0.05, 0.1) is 12.5 Å². The molecule has 1 aromatic heterocycles. The first kappa shape index (κ1) is 15.1. The van der Waals surface area contributed by atoms with Gasteiger partial charge in [-0.25, -0.2) is 0 Å². The predicted octanol–water partition coefficient (Wildman–Crippen LogP) is 2.61. The largest absolute Gasteiger partial charge is 0.391 e. The van der Waals surface area contributed by atoms with Crippen LogP contribution in [0.15, 0.2) is 28.9 Å². The van der Waals surface area contributed by atoms with Crippen LogP contribution in [0.5, 0.6) is 0 Å². The van der Waals surface area contributed by atoms with E-state index in [1.54, 1.807) is 0 Å². The highest BCUT2D eigenvalue weighted by Gasteiger charge is 2.13. The van der Waals surface area contributed by atoms with Crippen LogP contribution >= 0.6 is 15.9 Å². The van der Waals surface area contributed by atoms with E-state index in [-0.39, 0.29) is 11.8 Å². The molecule has 1 heterocycles. The maximum Gasteiger partial charge on any atom is 0.224 e. The number of amides is 1. The number of aliphatic hydroxyl groups is 1. The van der Waals surface area contributed by atoms with E-state index in [1.165, 1.54) is 0 Å². The van der Waals surface area contributed by atoms with Gasteiger partial charge in [0.25, 0.3) is 0 Å². The number of H-pyrrole nitrogens is 1. The number of fused-ring (bicyclic) bond motifs is 1. The number of benzene rings is 1. The van der Waals surface area contributed by atoms with Crippen molar-refractivity contribution in [3.05, 3.63) is 34.4 Å². The minimum absolute atomic E-state index is 0.0821. The van der Waals surface area contributed by atoms with Crippen LogP contribution in [0.4, 0.5) is 0 Å². The van der Waals surface area contributed by atoms with Gasteiger partial charge in [0.15, 0.2) is 0 Å². The van der Waals surface area contributed by atoms with Crippen molar-refractivity contribution in [3.63, 3.8) is 0 Å². The fraction of sp³-hybridized carbons (Fsp3) is 0.400. The highest BCUT2D eigenvalue weighted by Crippen LogP contribution is 2.27. The third kappa shape index (κ3) is 3.41. The number of carbonyl (C=O) groups is 1. The molecule has 1 atom stereocenters. The topological polar surface area (TPSA) is 65.1 Å². The van der Waals surface area contributed by atoms with E-state index in [2.05, 4.69) is 26.2 Å². The van der Waals surface area contributed by atoms with Crippen molar-refractivity contribution in [2.75, 3.05) is 6.54 Å². The van der Waals surface area contributed by atoms with Crippen molar-refractivity contribution < 1.29 is 9.90 Å². The van der Waals surface area contributed by atoms with Crippen LogP contribution in [0.25, 0.3) is 10.9 Å². The van der Waals surface area contributed by atoms with Crippen molar-refractivity contribution in [2.45, 2.75) is 26.4 Å². The molecule has 108 valence electrons. The van der Waals surface area contributed by atoms with Gasteiger partial charge in [-0.05, 0) is 23.6 Å². The Hall–Kier alpha value is -1.33. The van der Waals surface area contributed by atoms with Crippen LogP contribution < -0.4 is 5.32 Å². The van der Waals surface area contributed by atoms with Gasteiger partial charge in [-0.3, -0.25) is 4.79 Å². The Morgan fingerprint density at radius 3 is 2.90 bits per heavy atom. The molecule has 3 N–H and O–H groups in total. The van der Waals surface area contributed by atoms with Gasteiger partial charge in [-0.1, -0.05) is 35.8 Å². The number of aliphatic hydroxyl groups excluding tert-OH is 1. The van der Waals surface area contributed by atoms with Crippen molar-refractivity contribution in [2.24, 2.45) is 5.92 Å². The van der Waals surface area contributed by atoms with Gasteiger partial charge in [0.2, 0.25) is 5.91 Å². The fourth-order valence-corrected chi connectivity index (χ4v) is 2.66. The number of aromatic amines is 1. The maximum atomic E-state index is 11.9. The van der Waals surface area contributed by atoms with E-state index in [0.29, 0.717) is 13.0 Å². The Morgan fingerprint density at radius 2 is 2.20 bits per heavy atom. The molecular weight excluding hydrogens is 320 g/mol. The molecule has 1 amide bonds. The van der Waals surface area contributed by atoms with E-state index in [4.69, 9.17) is 0 Å². The summed E-state index contributed by atoms with van der Waals surface area (Å²) in [6.45, 7) is 4.14. The molecule has 1 unspecified atom stereocenters. The molecule has 0 aliphatic heterocycles. The van der Waals surface area contributed by atoms with Crippen LogP contribution in [0.2, 0.25) is 0 Å². The van der Waals surface area contributed by atoms with Gasteiger partial charge < -0.3 is 15.4 Å². The van der Waals surface area contributed by atoms with Crippen LogP contribution in [0.1, 0.15) is 19.4 Å². The fourth-order valence-electron chi connectivity index (χ4n) is 2.04. The summed E-state index contributed by atoms with van der Waals surface area (Å²) < 4.78 is 0.973. The van der Waals surface area contributed by atoms with Gasteiger partial charge >= 0.3 is 0 Å². The van der Waals surface area contributed by atoms with Crippen molar-refractivity contribution in [3.8, 4) is 0 Å². The number of halogens is 1. The molecule has 1 aromatic carbocycles. The summed E-state index contributed by atoms with van der Waals surface area (Å²) in [7, 11) is 0. The molecule has 2 aromatic rings. The van der Waals surface area contributed by atoms with Crippen molar-refractivity contribution in [1.29, 1.82) is 0 Å². The molecule has 0 saturated heterocycles. The molecule has 0 aliphatic rings. The lowest BCUT2D eigenvalue weighted by Crippen LogP contribution is -2.35. The smallest absolute Gasteiger partial charge is 0.224 e. The molecule has 0 fully saturated rings. The highest BCUT2D eigenvalue weighted by molar-refractivity contribution is 9.10. The number of rotatable bonds is 5. The second-order valence-corrected chi connectivity index (χ2v) is 6.12. The second-order valence-electron chi connectivity index (χ2n) is 5.27. The lowest BCUT2D eigenvalue weighted by Gasteiger charge is -2.14. The minimum Gasteiger partial charge on any atom is -0.391 e. The van der Waals surface area contributed by atoms with Crippen LogP contribution in [-0.4, -0.2) is 28.6 Å². The van der Waals surface area contributed by atoms with Crippen molar-refractivity contribution >= 4 is 32.7 Å². The third-order valence-electron chi connectivity index (χ3n) is 3.37. The Labute approximate surface area is 126 Å². The van der Waals surface area contributed by atoms with Crippen molar-refractivity contribution in [1.82, 2.24) is 10.3 Å².